The lowest BCUT2D eigenvalue weighted by molar-refractivity contribution is 0.600. The van der Waals surface area contributed by atoms with Crippen LogP contribution in [0.3, 0.4) is 0 Å². The number of nitrogens with one attached hydrogen (secondary N) is 1. The summed E-state index contributed by atoms with van der Waals surface area (Å²) in [5, 5.41) is 0. The molecule has 2 aromatic rings. The molecule has 1 N–H and O–H groups in total. The number of hydrogen-bond acceptors (Lipinski definition) is 2. The normalized spacial score (nSPS) is 14.5. The molecule has 3 nitrogen and oxygen atoms in total. The molecule has 110 valence electrons. The van der Waals surface area contributed by atoms with Crippen molar-refractivity contribution in [3.63, 3.8) is 0 Å². The van der Waals surface area contributed by atoms with E-state index in [-0.39, 0.29) is 0 Å². The highest BCUT2D eigenvalue weighted by Gasteiger charge is 2.18. The SMILES string of the molecule is Cc1ccccc1NS(=O)(=O)c1ccc2c(c1)CCCC2. The number of hydrogen-bond donors (Lipinski definition) is 1. The molecule has 0 radical (unpaired) electrons. The van der Waals surface area contributed by atoms with Crippen molar-refractivity contribution < 1.29 is 8.42 Å². The molecule has 3 rings (SSSR count). The summed E-state index contributed by atoms with van der Waals surface area (Å²) in [4.78, 5) is 0.353. The van der Waals surface area contributed by atoms with Crippen molar-refractivity contribution in [2.45, 2.75) is 37.5 Å². The van der Waals surface area contributed by atoms with Gasteiger partial charge in [-0.3, -0.25) is 4.72 Å². The number of anilines is 1. The Hall–Kier alpha value is -1.81. The number of sulfonamides is 1. The van der Waals surface area contributed by atoms with Gasteiger partial charge in [0.15, 0.2) is 0 Å². The quantitative estimate of drug-likeness (QED) is 0.940. The van der Waals surface area contributed by atoms with Gasteiger partial charge in [0, 0.05) is 0 Å². The van der Waals surface area contributed by atoms with Crippen LogP contribution in [0.15, 0.2) is 47.4 Å². The predicted octanol–water partition coefficient (Wildman–Crippen LogP) is 3.67. The monoisotopic (exact) mass is 301 g/mol. The Morgan fingerprint density at radius 1 is 0.952 bits per heavy atom. The van der Waals surface area contributed by atoms with Crippen LogP contribution in [0.25, 0.3) is 0 Å². The van der Waals surface area contributed by atoms with Crippen LogP contribution in [-0.2, 0) is 22.9 Å². The summed E-state index contributed by atoms with van der Waals surface area (Å²) >= 11 is 0. The molecule has 0 unspecified atom stereocenters. The van der Waals surface area contributed by atoms with Crippen LogP contribution in [0.4, 0.5) is 5.69 Å². The summed E-state index contributed by atoms with van der Waals surface area (Å²) in [6.07, 6.45) is 4.37. The third-order valence-corrected chi connectivity index (χ3v) is 5.38. The smallest absolute Gasteiger partial charge is 0.261 e. The second kappa shape index (κ2) is 5.53. The Kier molecular flexibility index (Phi) is 3.72. The van der Waals surface area contributed by atoms with Gasteiger partial charge in [-0.15, -0.1) is 0 Å². The summed E-state index contributed by atoms with van der Waals surface area (Å²) in [6, 6.07) is 12.9. The van der Waals surface area contributed by atoms with Crippen LogP contribution >= 0.6 is 0 Å². The fourth-order valence-corrected chi connectivity index (χ4v) is 3.95. The maximum absolute atomic E-state index is 12.5. The first kappa shape index (κ1) is 14.1. The highest BCUT2D eigenvalue weighted by molar-refractivity contribution is 7.92. The lowest BCUT2D eigenvalue weighted by Crippen LogP contribution is -2.15. The third kappa shape index (κ3) is 2.95. The Bertz CT molecular complexity index is 766. The summed E-state index contributed by atoms with van der Waals surface area (Å²) < 4.78 is 27.7. The molecule has 0 fully saturated rings. The number of rotatable bonds is 3. The molecule has 2 aromatic carbocycles. The first-order chi connectivity index (χ1) is 10.1. The van der Waals surface area contributed by atoms with Crippen LogP contribution < -0.4 is 4.72 Å². The Morgan fingerprint density at radius 3 is 2.43 bits per heavy atom. The molecule has 4 heteroatoms. The molecule has 0 spiro atoms. The van der Waals surface area contributed by atoms with E-state index in [1.807, 2.05) is 37.3 Å². The van der Waals surface area contributed by atoms with Gasteiger partial charge in [0.1, 0.15) is 0 Å². The van der Waals surface area contributed by atoms with E-state index >= 15 is 0 Å². The zero-order chi connectivity index (χ0) is 14.9. The van der Waals surface area contributed by atoms with Crippen molar-refractivity contribution in [2.24, 2.45) is 0 Å². The molecule has 1 aliphatic carbocycles. The minimum atomic E-state index is -3.52. The van der Waals surface area contributed by atoms with E-state index in [4.69, 9.17) is 0 Å². The van der Waals surface area contributed by atoms with Gasteiger partial charge in [0.25, 0.3) is 10.0 Å². The van der Waals surface area contributed by atoms with E-state index in [9.17, 15) is 8.42 Å². The van der Waals surface area contributed by atoms with Crippen LogP contribution in [0, 0.1) is 6.92 Å². The summed E-state index contributed by atoms with van der Waals surface area (Å²) in [7, 11) is -3.52. The highest BCUT2D eigenvalue weighted by Crippen LogP contribution is 2.25. The first-order valence-corrected chi connectivity index (χ1v) is 8.75. The Balaban J connectivity index is 1.93. The molecule has 0 atom stereocenters. The topological polar surface area (TPSA) is 46.2 Å². The van der Waals surface area contributed by atoms with E-state index in [1.54, 1.807) is 12.1 Å². The molecule has 0 amide bonds. The second-order valence-electron chi connectivity index (χ2n) is 5.56. The number of benzene rings is 2. The van der Waals surface area contributed by atoms with Crippen LogP contribution in [0.5, 0.6) is 0 Å². The molecule has 0 heterocycles. The average molecular weight is 301 g/mol. The van der Waals surface area contributed by atoms with Gasteiger partial charge in [-0.1, -0.05) is 24.3 Å². The fourth-order valence-electron chi connectivity index (χ4n) is 2.77. The minimum absolute atomic E-state index is 0.353. The standard InChI is InChI=1S/C17H19NO2S/c1-13-6-2-5-9-17(13)18-21(19,20)16-11-10-14-7-3-4-8-15(14)12-16/h2,5-6,9-12,18H,3-4,7-8H2,1H3. The highest BCUT2D eigenvalue weighted by atomic mass is 32.2. The molecule has 0 aliphatic heterocycles. The molecule has 0 bridgehead atoms. The zero-order valence-corrected chi connectivity index (χ0v) is 12.9. The minimum Gasteiger partial charge on any atom is -0.279 e. The molecular formula is C17H19NO2S. The van der Waals surface area contributed by atoms with Crippen LogP contribution in [0.2, 0.25) is 0 Å². The van der Waals surface area contributed by atoms with Gasteiger partial charge in [-0.2, -0.15) is 0 Å². The zero-order valence-electron chi connectivity index (χ0n) is 12.1. The predicted molar refractivity (Wildman–Crippen MR) is 85.1 cm³/mol. The summed E-state index contributed by atoms with van der Waals surface area (Å²) in [6.45, 7) is 1.89. The summed E-state index contributed by atoms with van der Waals surface area (Å²) in [5.74, 6) is 0. The molecule has 1 aliphatic rings. The van der Waals surface area contributed by atoms with Gasteiger partial charge < -0.3 is 0 Å². The molecule has 0 saturated carbocycles. The number of fused-ring (bicyclic) bond motifs is 1. The Morgan fingerprint density at radius 2 is 1.67 bits per heavy atom. The van der Waals surface area contributed by atoms with E-state index in [0.717, 1.165) is 24.8 Å². The summed E-state index contributed by atoms with van der Waals surface area (Å²) in [5.41, 5.74) is 4.01. The second-order valence-corrected chi connectivity index (χ2v) is 7.24. The lowest BCUT2D eigenvalue weighted by Gasteiger charge is -2.17. The van der Waals surface area contributed by atoms with Gasteiger partial charge in [0.2, 0.25) is 0 Å². The first-order valence-electron chi connectivity index (χ1n) is 7.26. The van der Waals surface area contributed by atoms with Gasteiger partial charge >= 0.3 is 0 Å². The van der Waals surface area contributed by atoms with Crippen molar-refractivity contribution in [1.29, 1.82) is 0 Å². The van der Waals surface area contributed by atoms with Crippen molar-refractivity contribution in [3.8, 4) is 0 Å². The van der Waals surface area contributed by atoms with E-state index in [2.05, 4.69) is 4.72 Å². The maximum atomic E-state index is 12.5. The van der Waals surface area contributed by atoms with Crippen molar-refractivity contribution in [2.75, 3.05) is 4.72 Å². The molecule has 0 saturated heterocycles. The van der Waals surface area contributed by atoms with E-state index < -0.39 is 10.0 Å². The molecule has 0 aromatic heterocycles. The van der Waals surface area contributed by atoms with Crippen molar-refractivity contribution in [3.05, 3.63) is 59.2 Å². The van der Waals surface area contributed by atoms with E-state index in [0.29, 0.717) is 10.6 Å². The lowest BCUT2D eigenvalue weighted by atomic mass is 9.92. The van der Waals surface area contributed by atoms with Crippen molar-refractivity contribution in [1.82, 2.24) is 0 Å². The number of aryl methyl sites for hydroxylation is 3. The largest absolute Gasteiger partial charge is 0.279 e. The number of para-hydroxylation sites is 1. The van der Waals surface area contributed by atoms with E-state index in [1.165, 1.54) is 17.5 Å². The van der Waals surface area contributed by atoms with Crippen molar-refractivity contribution >= 4 is 15.7 Å². The van der Waals surface area contributed by atoms with Gasteiger partial charge in [0.05, 0.1) is 10.6 Å². The van der Waals surface area contributed by atoms with Crippen LogP contribution in [-0.4, -0.2) is 8.42 Å². The van der Waals surface area contributed by atoms with Gasteiger partial charge in [-0.05, 0) is 67.5 Å². The maximum Gasteiger partial charge on any atom is 0.261 e. The fraction of sp³-hybridized carbons (Fsp3) is 0.294. The molecular weight excluding hydrogens is 282 g/mol. The Labute approximate surface area is 126 Å². The van der Waals surface area contributed by atoms with Gasteiger partial charge in [-0.25, -0.2) is 8.42 Å². The molecule has 21 heavy (non-hydrogen) atoms. The van der Waals surface area contributed by atoms with Crippen LogP contribution in [0.1, 0.15) is 29.5 Å². The average Bonchev–Trinajstić information content (AvgIpc) is 2.49. The third-order valence-electron chi connectivity index (χ3n) is 4.02.